The molecule has 7 heteroatoms. The minimum Gasteiger partial charge on any atom is -0.543 e. The van der Waals surface area contributed by atoms with E-state index in [9.17, 15) is 0 Å². The van der Waals surface area contributed by atoms with Gasteiger partial charge in [0.05, 0.1) is 11.9 Å². The molecule has 0 unspecified atom stereocenters. The molecule has 0 aromatic carbocycles. The van der Waals surface area contributed by atoms with Crippen molar-refractivity contribution in [3.05, 3.63) is 0 Å². The zero-order chi connectivity index (χ0) is 5.15. The maximum atomic E-state index is 8.93. The molecule has 1 radical (unpaired) electrons. The summed E-state index contributed by atoms with van der Waals surface area (Å²) in [5.41, 5.74) is 0. The molecule has 0 bridgehead atoms. The average molecular weight is 217 g/mol. The fourth-order valence-corrected chi connectivity index (χ4v) is 0. The summed E-state index contributed by atoms with van der Waals surface area (Å²) < 4.78 is 0. The first-order chi connectivity index (χ1) is 2.64. The number of hydrogen-bond donors (Lipinski definition) is 2. The first-order valence-electron chi connectivity index (χ1n) is 1.07. The van der Waals surface area contributed by atoms with Gasteiger partial charge in [-0.2, -0.15) is 0 Å². The molecule has 6 nitrogen and oxygen atoms in total. The van der Waals surface area contributed by atoms with Crippen molar-refractivity contribution in [1.82, 2.24) is 12.3 Å². The van der Waals surface area contributed by atoms with Crippen LogP contribution in [0.2, 0.25) is 0 Å². The summed E-state index contributed by atoms with van der Waals surface area (Å²) in [6, 6.07) is 0. The van der Waals surface area contributed by atoms with Gasteiger partial charge in [0.15, 0.2) is 0 Å². The van der Waals surface area contributed by atoms with Crippen molar-refractivity contribution in [3.63, 3.8) is 0 Å². The summed E-state index contributed by atoms with van der Waals surface area (Å²) >= 11 is 0. The molecular formula is C2H8N2NbO4. The van der Waals surface area contributed by atoms with E-state index >= 15 is 0 Å². The second-order valence-corrected chi connectivity index (χ2v) is 0.575. The molecule has 55 valence electrons. The molecule has 0 atom stereocenters. The Morgan fingerprint density at radius 2 is 1.00 bits per heavy atom. The van der Waals surface area contributed by atoms with E-state index in [-0.39, 0.29) is 34.7 Å². The van der Waals surface area contributed by atoms with Crippen molar-refractivity contribution in [1.29, 1.82) is 0 Å². The van der Waals surface area contributed by atoms with Crippen molar-refractivity contribution in [2.45, 2.75) is 0 Å². The van der Waals surface area contributed by atoms with Crippen LogP contribution in [0.5, 0.6) is 0 Å². The summed E-state index contributed by atoms with van der Waals surface area (Å²) in [6.45, 7) is 0. The molecular weight excluding hydrogens is 209 g/mol. The quantitative estimate of drug-likeness (QED) is 0.333. The standard InChI is InChI=1S/C2H2O4.2H3N.Nb/c3-1(4)2(5)6;;;/h(H,3,4)(H,5,6);2*1H3;. The molecule has 9 heavy (non-hydrogen) atoms. The molecule has 8 N–H and O–H groups in total. The summed E-state index contributed by atoms with van der Waals surface area (Å²) in [7, 11) is 0. The van der Waals surface area contributed by atoms with Crippen LogP contribution in [0, 0.1) is 0 Å². The fourth-order valence-electron chi connectivity index (χ4n) is 0. The molecule has 0 rings (SSSR count). The molecule has 0 amide bonds. The van der Waals surface area contributed by atoms with Crippen LogP contribution in [0.4, 0.5) is 0 Å². The Labute approximate surface area is 66.9 Å². The number of quaternary nitrogens is 2. The van der Waals surface area contributed by atoms with Gasteiger partial charge in [-0.15, -0.1) is 0 Å². The number of aliphatic carboxylic acids is 2. The Kier molecular flexibility index (Phi) is 27.5. The third kappa shape index (κ3) is 18.4. The first kappa shape index (κ1) is 23.5. The zero-order valence-corrected chi connectivity index (χ0v) is 7.28. The van der Waals surface area contributed by atoms with Gasteiger partial charge in [0.1, 0.15) is 0 Å². The Morgan fingerprint density at radius 3 is 1.00 bits per heavy atom. The summed E-state index contributed by atoms with van der Waals surface area (Å²) in [6.07, 6.45) is 0. The van der Waals surface area contributed by atoms with Gasteiger partial charge in [-0.25, -0.2) is 0 Å². The van der Waals surface area contributed by atoms with Gasteiger partial charge in [-0.05, 0) is 0 Å². The normalized spacial score (nSPS) is 4.89. The van der Waals surface area contributed by atoms with E-state index in [1.165, 1.54) is 0 Å². The van der Waals surface area contributed by atoms with Gasteiger partial charge < -0.3 is 32.1 Å². The average Bonchev–Trinajstić information content (AvgIpc) is 1.36. The molecule has 0 spiro atoms. The maximum absolute atomic E-state index is 8.93. The Bertz CT molecular complexity index is 82.6. The molecule has 0 heterocycles. The molecule has 0 aliphatic carbocycles. The number of carboxylic acids is 2. The van der Waals surface area contributed by atoms with E-state index in [1.54, 1.807) is 0 Å². The fraction of sp³-hybridized carbons (Fsp3) is 0. The number of carbonyl (C=O) groups is 2. The number of carboxylic acid groups (broad SMARTS) is 2. The smallest absolute Gasteiger partial charge is 0.0870 e. The molecule has 0 aliphatic heterocycles. The van der Waals surface area contributed by atoms with Gasteiger partial charge >= 0.3 is 0 Å². The van der Waals surface area contributed by atoms with E-state index in [4.69, 9.17) is 19.8 Å². The van der Waals surface area contributed by atoms with Crippen LogP contribution < -0.4 is 22.5 Å². The molecule has 0 aliphatic rings. The Balaban J connectivity index is -0.0000000417. The van der Waals surface area contributed by atoms with Crippen molar-refractivity contribution in [2.75, 3.05) is 0 Å². The molecule has 0 aromatic heterocycles. The van der Waals surface area contributed by atoms with Crippen molar-refractivity contribution < 1.29 is 42.2 Å². The van der Waals surface area contributed by atoms with Crippen molar-refractivity contribution >= 4 is 11.9 Å². The molecule has 0 saturated carbocycles. The van der Waals surface area contributed by atoms with Crippen LogP contribution in [0.3, 0.4) is 0 Å². The van der Waals surface area contributed by atoms with Gasteiger partial charge in [-0.1, -0.05) is 0 Å². The Hall–Kier alpha value is -0.400. The van der Waals surface area contributed by atoms with E-state index in [0.717, 1.165) is 0 Å². The van der Waals surface area contributed by atoms with Crippen LogP contribution in [0.1, 0.15) is 0 Å². The van der Waals surface area contributed by atoms with Gasteiger partial charge in [0.2, 0.25) is 0 Å². The third-order valence-corrected chi connectivity index (χ3v) is 0.167. The summed E-state index contributed by atoms with van der Waals surface area (Å²) in [5, 5.41) is 17.9. The predicted molar refractivity (Wildman–Crippen MR) is 22.0 cm³/mol. The first-order valence-corrected chi connectivity index (χ1v) is 1.07. The van der Waals surface area contributed by atoms with E-state index in [2.05, 4.69) is 0 Å². The van der Waals surface area contributed by atoms with Crippen molar-refractivity contribution in [2.24, 2.45) is 0 Å². The maximum Gasteiger partial charge on any atom is 0.0870 e. The van der Waals surface area contributed by atoms with Crippen LogP contribution in [-0.2, 0) is 32.0 Å². The van der Waals surface area contributed by atoms with E-state index < -0.39 is 11.9 Å². The molecule has 0 fully saturated rings. The second-order valence-electron chi connectivity index (χ2n) is 0.575. The van der Waals surface area contributed by atoms with Crippen LogP contribution in [0.25, 0.3) is 0 Å². The van der Waals surface area contributed by atoms with E-state index in [0.29, 0.717) is 0 Å². The SMILES string of the molecule is O=C([O-])C(=O)[O-].[NH4+].[NH4+].[Nb]. The number of hydrogen-bond acceptors (Lipinski definition) is 4. The van der Waals surface area contributed by atoms with Gasteiger partial charge in [0, 0.05) is 22.4 Å². The van der Waals surface area contributed by atoms with Crippen molar-refractivity contribution in [3.8, 4) is 0 Å². The minimum absolute atomic E-state index is 0. The molecule has 0 aromatic rings. The Morgan fingerprint density at radius 1 is 0.889 bits per heavy atom. The second kappa shape index (κ2) is 10.6. The topological polar surface area (TPSA) is 153 Å². The monoisotopic (exact) mass is 217 g/mol. The molecule has 0 saturated heterocycles. The van der Waals surface area contributed by atoms with Gasteiger partial charge in [0.25, 0.3) is 0 Å². The minimum atomic E-state index is -2.19. The summed E-state index contributed by atoms with van der Waals surface area (Å²) in [5.74, 6) is -4.37. The van der Waals surface area contributed by atoms with Crippen LogP contribution in [-0.4, -0.2) is 11.9 Å². The number of rotatable bonds is 0. The van der Waals surface area contributed by atoms with Gasteiger partial charge in [-0.3, -0.25) is 0 Å². The van der Waals surface area contributed by atoms with Crippen LogP contribution >= 0.6 is 0 Å². The van der Waals surface area contributed by atoms with E-state index in [1.807, 2.05) is 0 Å². The van der Waals surface area contributed by atoms with Crippen LogP contribution in [0.15, 0.2) is 0 Å². The zero-order valence-electron chi connectivity index (χ0n) is 5.08. The predicted octanol–water partition coefficient (Wildman–Crippen LogP) is -2.76. The number of carbonyl (C=O) groups excluding carboxylic acids is 2. The third-order valence-electron chi connectivity index (χ3n) is 0.167. The largest absolute Gasteiger partial charge is 0.543 e. The summed E-state index contributed by atoms with van der Waals surface area (Å²) in [4.78, 5) is 17.9.